The molecule has 1 aromatic carbocycles. The van der Waals surface area contributed by atoms with E-state index < -0.39 is 0 Å². The fourth-order valence-corrected chi connectivity index (χ4v) is 2.61. The first-order chi connectivity index (χ1) is 7.79. The minimum absolute atomic E-state index is 0.540. The molecular formula is C12H7N3S. The van der Waals surface area contributed by atoms with E-state index in [2.05, 4.69) is 11.1 Å². The van der Waals surface area contributed by atoms with Gasteiger partial charge in [0.15, 0.2) is 0 Å². The van der Waals surface area contributed by atoms with Gasteiger partial charge in [0.1, 0.15) is 15.8 Å². The summed E-state index contributed by atoms with van der Waals surface area (Å²) in [5, 5.41) is 10.8. The zero-order chi connectivity index (χ0) is 11.1. The number of fused-ring (bicyclic) bond motifs is 2. The zero-order valence-electron chi connectivity index (χ0n) is 8.27. The van der Waals surface area contributed by atoms with Crippen LogP contribution in [0, 0.1) is 11.3 Å². The molecule has 4 heteroatoms. The second-order valence-electron chi connectivity index (χ2n) is 3.49. The smallest absolute Gasteiger partial charge is 0.130 e. The number of rotatable bonds is 0. The number of nitrogen functional groups attached to an aromatic ring is 1. The first-order valence-electron chi connectivity index (χ1n) is 4.77. The molecule has 0 bridgehead atoms. The predicted octanol–water partition coefficient (Wildman–Crippen LogP) is 2.90. The van der Waals surface area contributed by atoms with Crippen LogP contribution in [0.4, 0.5) is 5.69 Å². The highest BCUT2D eigenvalue weighted by Crippen LogP contribution is 2.33. The summed E-state index contributed by atoms with van der Waals surface area (Å²) >= 11 is 1.34. The fraction of sp³-hybridized carbons (Fsp3) is 0. The first-order valence-corrected chi connectivity index (χ1v) is 5.59. The highest BCUT2D eigenvalue weighted by atomic mass is 32.1. The van der Waals surface area contributed by atoms with Gasteiger partial charge in [-0.05, 0) is 12.1 Å². The van der Waals surface area contributed by atoms with Crippen LogP contribution in [-0.2, 0) is 0 Å². The molecule has 16 heavy (non-hydrogen) atoms. The van der Waals surface area contributed by atoms with Gasteiger partial charge in [-0.1, -0.05) is 18.2 Å². The maximum atomic E-state index is 8.91. The van der Waals surface area contributed by atoms with Crippen molar-refractivity contribution in [1.29, 1.82) is 5.26 Å². The molecule has 0 radical (unpaired) electrons. The molecule has 0 aliphatic heterocycles. The monoisotopic (exact) mass is 225 g/mol. The SMILES string of the molecule is N#Cc1sc2nc3ccccc3cc2c1N. The molecule has 3 rings (SSSR count). The molecule has 3 nitrogen and oxygen atoms in total. The van der Waals surface area contributed by atoms with Crippen molar-refractivity contribution in [3.8, 4) is 6.07 Å². The second kappa shape index (κ2) is 3.19. The van der Waals surface area contributed by atoms with E-state index in [4.69, 9.17) is 11.0 Å². The number of thiophene rings is 1. The standard InChI is InChI=1S/C12H7N3S/c13-6-10-11(14)8-5-7-3-1-2-4-9(7)15-12(8)16-10/h1-5H,14H2. The lowest BCUT2D eigenvalue weighted by molar-refractivity contribution is 1.52. The van der Waals surface area contributed by atoms with E-state index in [9.17, 15) is 0 Å². The Hall–Kier alpha value is -2.12. The molecule has 0 aliphatic carbocycles. The Bertz CT molecular complexity index is 737. The predicted molar refractivity (Wildman–Crippen MR) is 66.3 cm³/mol. The van der Waals surface area contributed by atoms with E-state index in [1.807, 2.05) is 30.3 Å². The van der Waals surface area contributed by atoms with Gasteiger partial charge in [0.25, 0.3) is 0 Å². The van der Waals surface area contributed by atoms with E-state index in [0.29, 0.717) is 10.6 Å². The third kappa shape index (κ3) is 1.16. The van der Waals surface area contributed by atoms with Crippen LogP contribution in [0.3, 0.4) is 0 Å². The summed E-state index contributed by atoms with van der Waals surface area (Å²) in [6.07, 6.45) is 0. The molecule has 0 fully saturated rings. The molecule has 0 saturated heterocycles. The lowest BCUT2D eigenvalue weighted by Gasteiger charge is -1.97. The third-order valence-electron chi connectivity index (χ3n) is 2.52. The second-order valence-corrected chi connectivity index (χ2v) is 4.49. The molecule has 0 aliphatic rings. The van der Waals surface area contributed by atoms with Crippen molar-refractivity contribution in [2.45, 2.75) is 0 Å². The molecule has 0 amide bonds. The quantitative estimate of drug-likeness (QED) is 0.639. The van der Waals surface area contributed by atoms with E-state index in [-0.39, 0.29) is 0 Å². The summed E-state index contributed by atoms with van der Waals surface area (Å²) in [5.41, 5.74) is 7.36. The molecule has 2 heterocycles. The minimum atomic E-state index is 0.540. The van der Waals surface area contributed by atoms with Crippen LogP contribution in [0.5, 0.6) is 0 Å². The van der Waals surface area contributed by atoms with Crippen LogP contribution in [0.2, 0.25) is 0 Å². The van der Waals surface area contributed by atoms with Crippen LogP contribution in [0.1, 0.15) is 4.88 Å². The summed E-state index contributed by atoms with van der Waals surface area (Å²) in [5.74, 6) is 0. The van der Waals surface area contributed by atoms with Gasteiger partial charge in [-0.15, -0.1) is 11.3 Å². The Morgan fingerprint density at radius 3 is 2.94 bits per heavy atom. The average Bonchev–Trinajstić information content (AvgIpc) is 2.63. The van der Waals surface area contributed by atoms with Crippen LogP contribution in [-0.4, -0.2) is 4.98 Å². The summed E-state index contributed by atoms with van der Waals surface area (Å²) < 4.78 is 0. The Labute approximate surface area is 95.8 Å². The third-order valence-corrected chi connectivity index (χ3v) is 3.54. The number of aromatic nitrogens is 1. The Kier molecular flexibility index (Phi) is 1.82. The normalized spacial score (nSPS) is 10.7. The van der Waals surface area contributed by atoms with Crippen LogP contribution >= 0.6 is 11.3 Å². The molecule has 76 valence electrons. The van der Waals surface area contributed by atoms with Crippen molar-refractivity contribution in [2.75, 3.05) is 5.73 Å². The summed E-state index contributed by atoms with van der Waals surface area (Å²) in [4.78, 5) is 5.86. The molecular weight excluding hydrogens is 218 g/mol. The van der Waals surface area contributed by atoms with Gasteiger partial charge in [0, 0.05) is 10.8 Å². The van der Waals surface area contributed by atoms with Gasteiger partial charge >= 0.3 is 0 Å². The number of para-hydroxylation sites is 1. The Balaban J connectivity index is 2.50. The Morgan fingerprint density at radius 2 is 2.12 bits per heavy atom. The van der Waals surface area contributed by atoms with Gasteiger partial charge in [0.05, 0.1) is 11.2 Å². The van der Waals surface area contributed by atoms with Crippen molar-refractivity contribution >= 4 is 38.1 Å². The van der Waals surface area contributed by atoms with Crippen molar-refractivity contribution in [3.63, 3.8) is 0 Å². The largest absolute Gasteiger partial charge is 0.396 e. The zero-order valence-corrected chi connectivity index (χ0v) is 9.08. The van der Waals surface area contributed by atoms with E-state index in [0.717, 1.165) is 21.1 Å². The van der Waals surface area contributed by atoms with Crippen LogP contribution < -0.4 is 5.73 Å². The number of nitrogens with zero attached hydrogens (tertiary/aromatic N) is 2. The van der Waals surface area contributed by atoms with E-state index >= 15 is 0 Å². The molecule has 0 saturated carbocycles. The average molecular weight is 225 g/mol. The number of nitriles is 1. The van der Waals surface area contributed by atoms with Gasteiger partial charge < -0.3 is 5.73 Å². The van der Waals surface area contributed by atoms with E-state index in [1.165, 1.54) is 11.3 Å². The number of pyridine rings is 1. The topological polar surface area (TPSA) is 62.7 Å². The van der Waals surface area contributed by atoms with Crippen molar-refractivity contribution in [3.05, 3.63) is 35.2 Å². The lowest BCUT2D eigenvalue weighted by Crippen LogP contribution is -1.85. The highest BCUT2D eigenvalue weighted by Gasteiger charge is 2.10. The molecule has 2 N–H and O–H groups in total. The van der Waals surface area contributed by atoms with Gasteiger partial charge in [-0.25, -0.2) is 4.98 Å². The van der Waals surface area contributed by atoms with Crippen molar-refractivity contribution in [2.24, 2.45) is 0 Å². The number of hydrogen-bond donors (Lipinski definition) is 1. The van der Waals surface area contributed by atoms with Gasteiger partial charge in [0.2, 0.25) is 0 Å². The lowest BCUT2D eigenvalue weighted by atomic mass is 10.2. The number of nitrogens with two attached hydrogens (primary N) is 1. The van der Waals surface area contributed by atoms with Gasteiger partial charge in [-0.2, -0.15) is 5.26 Å². The minimum Gasteiger partial charge on any atom is -0.396 e. The van der Waals surface area contributed by atoms with Crippen LogP contribution in [0.15, 0.2) is 30.3 Å². The van der Waals surface area contributed by atoms with Crippen molar-refractivity contribution < 1.29 is 0 Å². The molecule has 3 aromatic rings. The number of hydrogen-bond acceptors (Lipinski definition) is 4. The summed E-state index contributed by atoms with van der Waals surface area (Å²) in [6.45, 7) is 0. The molecule has 0 unspecified atom stereocenters. The molecule has 0 atom stereocenters. The van der Waals surface area contributed by atoms with E-state index in [1.54, 1.807) is 0 Å². The molecule has 2 aromatic heterocycles. The highest BCUT2D eigenvalue weighted by molar-refractivity contribution is 7.19. The Morgan fingerprint density at radius 1 is 1.31 bits per heavy atom. The number of benzene rings is 1. The summed E-state index contributed by atoms with van der Waals surface area (Å²) in [6, 6.07) is 11.9. The summed E-state index contributed by atoms with van der Waals surface area (Å²) in [7, 11) is 0. The maximum absolute atomic E-state index is 8.91. The fourth-order valence-electron chi connectivity index (χ4n) is 1.73. The van der Waals surface area contributed by atoms with Gasteiger partial charge in [-0.3, -0.25) is 0 Å². The first kappa shape index (κ1) is 9.13. The number of anilines is 1. The maximum Gasteiger partial charge on any atom is 0.130 e. The molecule has 0 spiro atoms. The van der Waals surface area contributed by atoms with Crippen LogP contribution in [0.25, 0.3) is 21.1 Å². The van der Waals surface area contributed by atoms with Crippen molar-refractivity contribution in [1.82, 2.24) is 4.98 Å².